The van der Waals surface area contributed by atoms with E-state index >= 15 is 0 Å². The highest BCUT2D eigenvalue weighted by molar-refractivity contribution is 7.99. The van der Waals surface area contributed by atoms with Crippen molar-refractivity contribution in [1.29, 1.82) is 0 Å². The van der Waals surface area contributed by atoms with Crippen LogP contribution in [0.2, 0.25) is 5.02 Å². The molecule has 0 saturated carbocycles. The van der Waals surface area contributed by atoms with Gasteiger partial charge in [-0.25, -0.2) is 0 Å². The van der Waals surface area contributed by atoms with Gasteiger partial charge in [-0.1, -0.05) is 18.5 Å². The molecule has 1 aromatic carbocycles. The largest absolute Gasteiger partial charge is 0.397 e. The van der Waals surface area contributed by atoms with Crippen LogP contribution in [0, 0.1) is 0 Å². The number of carbonyl (C=O) groups excluding carboxylic acids is 1. The van der Waals surface area contributed by atoms with Gasteiger partial charge in [-0.2, -0.15) is 11.8 Å². The van der Waals surface area contributed by atoms with Gasteiger partial charge in [0.2, 0.25) is 5.91 Å². The molecule has 5 heteroatoms. The van der Waals surface area contributed by atoms with Crippen molar-refractivity contribution in [3.05, 3.63) is 23.2 Å². The summed E-state index contributed by atoms with van der Waals surface area (Å²) in [6.45, 7) is 2.13. The van der Waals surface area contributed by atoms with Gasteiger partial charge in [0.25, 0.3) is 0 Å². The van der Waals surface area contributed by atoms with Crippen LogP contribution in [-0.4, -0.2) is 17.4 Å². The maximum atomic E-state index is 11.6. The van der Waals surface area contributed by atoms with Crippen molar-refractivity contribution in [2.45, 2.75) is 19.8 Å². The van der Waals surface area contributed by atoms with Crippen molar-refractivity contribution in [2.75, 3.05) is 22.6 Å². The lowest BCUT2D eigenvalue weighted by Gasteiger charge is -2.06. The predicted molar refractivity (Wildman–Crippen MR) is 76.7 cm³/mol. The van der Waals surface area contributed by atoms with Crippen LogP contribution in [0.25, 0.3) is 0 Å². The van der Waals surface area contributed by atoms with Gasteiger partial charge in [-0.3, -0.25) is 4.79 Å². The van der Waals surface area contributed by atoms with Crippen molar-refractivity contribution < 1.29 is 4.79 Å². The zero-order valence-electron chi connectivity index (χ0n) is 9.83. The molecule has 0 fully saturated rings. The zero-order chi connectivity index (χ0) is 12.7. The molecule has 1 amide bonds. The lowest BCUT2D eigenvalue weighted by Crippen LogP contribution is -2.12. The summed E-state index contributed by atoms with van der Waals surface area (Å²) in [6, 6.07) is 5.09. The number of halogens is 1. The van der Waals surface area contributed by atoms with E-state index in [0.29, 0.717) is 22.8 Å². The number of nitrogen functional groups attached to an aromatic ring is 1. The predicted octanol–water partition coefficient (Wildman–Crippen LogP) is 3.39. The van der Waals surface area contributed by atoms with Gasteiger partial charge in [0.15, 0.2) is 0 Å². The molecule has 17 heavy (non-hydrogen) atoms. The maximum Gasteiger partial charge on any atom is 0.225 e. The Hall–Kier alpha value is -0.870. The topological polar surface area (TPSA) is 55.1 Å². The summed E-state index contributed by atoms with van der Waals surface area (Å²) in [5.74, 6) is 1.96. The van der Waals surface area contributed by atoms with Crippen molar-refractivity contribution in [3.8, 4) is 0 Å². The number of anilines is 2. The molecule has 0 atom stereocenters. The highest BCUT2D eigenvalue weighted by Crippen LogP contribution is 2.22. The number of benzene rings is 1. The third-order valence-electron chi connectivity index (χ3n) is 2.10. The average Bonchev–Trinajstić information content (AvgIpc) is 2.30. The first-order valence-electron chi connectivity index (χ1n) is 5.56. The number of rotatable bonds is 6. The van der Waals surface area contributed by atoms with Gasteiger partial charge in [0.05, 0.1) is 10.7 Å². The average molecular weight is 273 g/mol. The number of nitrogens with one attached hydrogen (secondary N) is 1. The van der Waals surface area contributed by atoms with Crippen LogP contribution in [0.5, 0.6) is 0 Å². The first-order valence-corrected chi connectivity index (χ1v) is 7.09. The second-order valence-electron chi connectivity index (χ2n) is 3.65. The lowest BCUT2D eigenvalue weighted by molar-refractivity contribution is -0.115. The van der Waals surface area contributed by atoms with E-state index in [4.69, 9.17) is 17.3 Å². The number of nitrogens with two attached hydrogens (primary N) is 1. The van der Waals surface area contributed by atoms with Gasteiger partial charge >= 0.3 is 0 Å². The molecule has 3 nitrogen and oxygen atoms in total. The zero-order valence-corrected chi connectivity index (χ0v) is 11.4. The second kappa shape index (κ2) is 7.45. The standard InChI is InChI=1S/C12H17ClN2OS/c1-2-6-17-7-5-12(16)15-9-3-4-10(13)11(14)8-9/h3-4,8H,2,5-7,14H2,1H3,(H,15,16). The minimum atomic E-state index is 0.00956. The smallest absolute Gasteiger partial charge is 0.225 e. The number of thioether (sulfide) groups is 1. The van der Waals surface area contributed by atoms with E-state index in [1.54, 1.807) is 30.0 Å². The van der Waals surface area contributed by atoms with Crippen LogP contribution in [0.3, 0.4) is 0 Å². The molecule has 0 radical (unpaired) electrons. The molecule has 3 N–H and O–H groups in total. The fourth-order valence-electron chi connectivity index (χ4n) is 1.26. The molecule has 0 aliphatic rings. The van der Waals surface area contributed by atoms with Crippen LogP contribution < -0.4 is 11.1 Å². The summed E-state index contributed by atoms with van der Waals surface area (Å²) in [4.78, 5) is 11.6. The van der Waals surface area contributed by atoms with Crippen LogP contribution in [0.4, 0.5) is 11.4 Å². The third-order valence-corrected chi connectivity index (χ3v) is 3.64. The van der Waals surface area contributed by atoms with Crippen molar-refractivity contribution in [1.82, 2.24) is 0 Å². The van der Waals surface area contributed by atoms with E-state index in [1.165, 1.54) is 0 Å². The normalized spacial score (nSPS) is 10.2. The van der Waals surface area contributed by atoms with Gasteiger partial charge < -0.3 is 11.1 Å². The van der Waals surface area contributed by atoms with E-state index in [0.717, 1.165) is 17.9 Å². The van der Waals surface area contributed by atoms with Crippen molar-refractivity contribution >= 4 is 40.6 Å². The minimum Gasteiger partial charge on any atom is -0.397 e. The van der Waals surface area contributed by atoms with E-state index in [9.17, 15) is 4.79 Å². The van der Waals surface area contributed by atoms with E-state index < -0.39 is 0 Å². The molecule has 0 unspecified atom stereocenters. The summed E-state index contributed by atoms with van der Waals surface area (Å²) in [7, 11) is 0. The number of hydrogen-bond donors (Lipinski definition) is 2. The van der Waals surface area contributed by atoms with Crippen molar-refractivity contribution in [2.24, 2.45) is 0 Å². The molecule has 0 bridgehead atoms. The summed E-state index contributed by atoms with van der Waals surface area (Å²) < 4.78 is 0. The van der Waals surface area contributed by atoms with Gasteiger partial charge in [0, 0.05) is 17.9 Å². The maximum absolute atomic E-state index is 11.6. The third kappa shape index (κ3) is 5.33. The molecule has 1 rings (SSSR count). The summed E-state index contributed by atoms with van der Waals surface area (Å²) in [5, 5.41) is 3.30. The number of amides is 1. The summed E-state index contributed by atoms with van der Waals surface area (Å²) >= 11 is 7.59. The highest BCUT2D eigenvalue weighted by Gasteiger charge is 2.03. The molecule has 0 aromatic heterocycles. The molecule has 0 aliphatic heterocycles. The van der Waals surface area contributed by atoms with Crippen LogP contribution in [-0.2, 0) is 4.79 Å². The first-order chi connectivity index (χ1) is 8.13. The molecular weight excluding hydrogens is 256 g/mol. The Morgan fingerprint density at radius 1 is 1.47 bits per heavy atom. The van der Waals surface area contributed by atoms with Gasteiger partial charge in [-0.05, 0) is 30.4 Å². The van der Waals surface area contributed by atoms with Gasteiger partial charge in [-0.15, -0.1) is 0 Å². The Bertz CT molecular complexity index is 385. The Balaban J connectivity index is 2.37. The fourth-order valence-corrected chi connectivity index (χ4v) is 2.20. The molecule has 1 aromatic rings. The molecule has 0 spiro atoms. The number of carbonyl (C=O) groups is 1. The van der Waals surface area contributed by atoms with Crippen LogP contribution in [0.1, 0.15) is 19.8 Å². The Morgan fingerprint density at radius 3 is 2.88 bits per heavy atom. The Kier molecular flexibility index (Phi) is 6.22. The second-order valence-corrected chi connectivity index (χ2v) is 5.28. The highest BCUT2D eigenvalue weighted by atomic mass is 35.5. The van der Waals surface area contributed by atoms with Crippen molar-refractivity contribution in [3.63, 3.8) is 0 Å². The van der Waals surface area contributed by atoms with E-state index in [1.807, 2.05) is 0 Å². The van der Waals surface area contributed by atoms with E-state index in [2.05, 4.69) is 12.2 Å². The monoisotopic (exact) mass is 272 g/mol. The first kappa shape index (κ1) is 14.2. The Labute approximate surface area is 111 Å². The molecule has 0 heterocycles. The molecule has 94 valence electrons. The van der Waals surface area contributed by atoms with E-state index in [-0.39, 0.29) is 5.91 Å². The SMILES string of the molecule is CCCSCCC(=O)Nc1ccc(Cl)c(N)c1. The Morgan fingerprint density at radius 2 is 2.24 bits per heavy atom. The molecule has 0 aliphatic carbocycles. The summed E-state index contributed by atoms with van der Waals surface area (Å²) in [6.07, 6.45) is 1.66. The minimum absolute atomic E-state index is 0.00956. The van der Waals surface area contributed by atoms with Crippen LogP contribution >= 0.6 is 23.4 Å². The quantitative estimate of drug-likeness (QED) is 0.616. The van der Waals surface area contributed by atoms with Crippen LogP contribution in [0.15, 0.2) is 18.2 Å². The summed E-state index contributed by atoms with van der Waals surface area (Å²) in [5.41, 5.74) is 6.82. The fraction of sp³-hybridized carbons (Fsp3) is 0.417. The lowest BCUT2D eigenvalue weighted by atomic mass is 10.2. The number of hydrogen-bond acceptors (Lipinski definition) is 3. The molecule has 0 saturated heterocycles. The molecular formula is C12H17ClN2OS. The van der Waals surface area contributed by atoms with Gasteiger partial charge in [0.1, 0.15) is 0 Å².